The van der Waals surface area contributed by atoms with Gasteiger partial charge >= 0.3 is 0 Å². The molecule has 0 unspecified atom stereocenters. The van der Waals surface area contributed by atoms with E-state index in [1.165, 1.54) is 75.8 Å². The van der Waals surface area contributed by atoms with E-state index in [1.54, 1.807) is 0 Å². The molecule has 2 nitrogen and oxygen atoms in total. The van der Waals surface area contributed by atoms with Gasteiger partial charge in [0, 0.05) is 38.2 Å². The van der Waals surface area contributed by atoms with Crippen molar-refractivity contribution >= 4 is 59.6 Å². The van der Waals surface area contributed by atoms with E-state index in [0.717, 1.165) is 17.1 Å². The highest BCUT2D eigenvalue weighted by molar-refractivity contribution is 7.26. The van der Waals surface area contributed by atoms with Gasteiger partial charge in [-0.1, -0.05) is 139 Å². The van der Waals surface area contributed by atoms with Crippen LogP contribution in [0.25, 0.3) is 70.3 Å². The van der Waals surface area contributed by atoms with Gasteiger partial charge in [-0.05, 0) is 107 Å². The third-order valence-corrected chi connectivity index (χ3v) is 11.7. The monoisotopic (exact) mass is 708 g/mol. The van der Waals surface area contributed by atoms with Crippen molar-refractivity contribution in [1.82, 2.24) is 4.57 Å². The van der Waals surface area contributed by atoms with Crippen LogP contribution in [0.5, 0.6) is 0 Å². The summed E-state index contributed by atoms with van der Waals surface area (Å²) in [7, 11) is 0. The zero-order chi connectivity index (χ0) is 36.0. The maximum absolute atomic E-state index is 2.45. The maximum Gasteiger partial charge on any atom is 0.0727 e. The van der Waals surface area contributed by atoms with Gasteiger partial charge in [-0.25, -0.2) is 0 Å². The molecule has 0 atom stereocenters. The molecule has 0 amide bonds. The summed E-state index contributed by atoms with van der Waals surface area (Å²) in [6.45, 7) is 2.18. The maximum atomic E-state index is 2.45. The van der Waals surface area contributed by atoms with E-state index in [1.807, 2.05) is 11.3 Å². The molecule has 2 heterocycles. The average Bonchev–Trinajstić information content (AvgIpc) is 3.77. The van der Waals surface area contributed by atoms with E-state index in [4.69, 9.17) is 0 Å². The van der Waals surface area contributed by atoms with Crippen LogP contribution in [0, 0.1) is 6.92 Å². The summed E-state index contributed by atoms with van der Waals surface area (Å²) in [6.07, 6.45) is 0. The zero-order valence-corrected chi connectivity index (χ0v) is 30.7. The Labute approximate surface area is 319 Å². The van der Waals surface area contributed by atoms with Crippen molar-refractivity contribution in [2.75, 3.05) is 4.90 Å². The Morgan fingerprint density at radius 3 is 1.59 bits per heavy atom. The minimum Gasteiger partial charge on any atom is -0.310 e. The van der Waals surface area contributed by atoms with Crippen LogP contribution in [0.4, 0.5) is 17.1 Å². The predicted octanol–water partition coefficient (Wildman–Crippen LogP) is 14.8. The molecule has 54 heavy (non-hydrogen) atoms. The van der Waals surface area contributed by atoms with Crippen molar-refractivity contribution in [2.24, 2.45) is 0 Å². The summed E-state index contributed by atoms with van der Waals surface area (Å²) in [5.41, 5.74) is 15.5. The van der Waals surface area contributed by atoms with E-state index in [0.29, 0.717) is 0 Å². The Bertz CT molecular complexity index is 2820. The quantitative estimate of drug-likeness (QED) is 0.160. The molecule has 10 rings (SSSR count). The first-order valence-corrected chi connectivity index (χ1v) is 19.2. The topological polar surface area (TPSA) is 8.17 Å². The number of aryl methyl sites for hydroxylation is 1. The first-order valence-electron chi connectivity index (χ1n) is 18.4. The lowest BCUT2D eigenvalue weighted by atomic mass is 10.0. The third kappa shape index (κ3) is 5.67. The summed E-state index contributed by atoms with van der Waals surface area (Å²) < 4.78 is 5.12. The number of fused-ring (bicyclic) bond motifs is 5. The lowest BCUT2D eigenvalue weighted by Crippen LogP contribution is -2.10. The number of hydrogen-bond acceptors (Lipinski definition) is 2. The number of aromatic nitrogens is 1. The fraction of sp³-hybridized carbons (Fsp3) is 0.0196. The van der Waals surface area contributed by atoms with E-state index < -0.39 is 0 Å². The van der Waals surface area contributed by atoms with E-state index in [9.17, 15) is 0 Å². The molecular formula is C51H36N2S. The molecule has 0 aliphatic rings. The first kappa shape index (κ1) is 32.0. The molecule has 256 valence electrons. The van der Waals surface area contributed by atoms with E-state index in [-0.39, 0.29) is 0 Å². The van der Waals surface area contributed by atoms with Crippen molar-refractivity contribution in [3.8, 4) is 39.1 Å². The highest BCUT2D eigenvalue weighted by atomic mass is 32.1. The van der Waals surface area contributed by atoms with Gasteiger partial charge in [0.25, 0.3) is 0 Å². The summed E-state index contributed by atoms with van der Waals surface area (Å²) in [4.78, 5) is 2.35. The summed E-state index contributed by atoms with van der Waals surface area (Å²) in [6, 6.07) is 72.5. The van der Waals surface area contributed by atoms with Crippen molar-refractivity contribution < 1.29 is 0 Å². The molecule has 0 radical (unpaired) electrons. The van der Waals surface area contributed by atoms with Crippen molar-refractivity contribution in [2.45, 2.75) is 6.92 Å². The number of anilines is 3. The van der Waals surface area contributed by atoms with Crippen LogP contribution in [0.2, 0.25) is 0 Å². The molecule has 0 N–H and O–H groups in total. The molecule has 3 heteroatoms. The number of para-hydroxylation sites is 1. The Morgan fingerprint density at radius 2 is 0.944 bits per heavy atom. The van der Waals surface area contributed by atoms with Gasteiger partial charge in [0.05, 0.1) is 15.7 Å². The van der Waals surface area contributed by atoms with Crippen LogP contribution < -0.4 is 4.90 Å². The fourth-order valence-electron chi connectivity index (χ4n) is 7.79. The lowest BCUT2D eigenvalue weighted by Gasteiger charge is -2.26. The van der Waals surface area contributed by atoms with Gasteiger partial charge in [-0.3, -0.25) is 0 Å². The molecule has 10 aromatic rings. The van der Waals surface area contributed by atoms with Crippen LogP contribution in [0.15, 0.2) is 200 Å². The summed E-state index contributed by atoms with van der Waals surface area (Å²) in [5.74, 6) is 0. The lowest BCUT2D eigenvalue weighted by molar-refractivity contribution is 1.19. The number of thiophene rings is 1. The number of benzene rings is 8. The molecule has 2 aromatic heterocycles. The number of rotatable bonds is 7. The highest BCUT2D eigenvalue weighted by Crippen LogP contribution is 2.43. The minimum atomic E-state index is 1.11. The molecule has 0 fully saturated rings. The van der Waals surface area contributed by atoms with E-state index in [2.05, 4.69) is 217 Å². The van der Waals surface area contributed by atoms with Gasteiger partial charge in [0.15, 0.2) is 0 Å². The molecular weight excluding hydrogens is 673 g/mol. The normalized spacial score (nSPS) is 11.4. The average molecular weight is 709 g/mol. The van der Waals surface area contributed by atoms with Crippen molar-refractivity contribution in [1.29, 1.82) is 0 Å². The van der Waals surface area contributed by atoms with Crippen LogP contribution in [0.1, 0.15) is 5.56 Å². The van der Waals surface area contributed by atoms with Crippen LogP contribution in [0.3, 0.4) is 0 Å². The molecule has 0 spiro atoms. The minimum absolute atomic E-state index is 1.11. The predicted molar refractivity (Wildman–Crippen MR) is 232 cm³/mol. The first-order chi connectivity index (χ1) is 26.7. The molecule has 0 saturated heterocycles. The van der Waals surface area contributed by atoms with Gasteiger partial charge in [0.1, 0.15) is 0 Å². The molecule has 0 saturated carbocycles. The second kappa shape index (κ2) is 13.4. The standard InChI is InChI=1S/C51H36N2S/c1-35-19-32-49-47(33-35)50-51(54-49)46-17-8-9-18-48(46)53(50)44-30-24-40(25-31-44)41-15-10-16-45(34-41)52(42-26-20-38(21-27-42)36-11-4-2-5-12-36)43-28-22-39(23-29-43)37-13-6-3-7-14-37/h2-34H,1H3. The Balaban J connectivity index is 1.04. The van der Waals surface area contributed by atoms with Crippen LogP contribution in [-0.2, 0) is 0 Å². The molecule has 0 bridgehead atoms. The zero-order valence-electron chi connectivity index (χ0n) is 29.9. The Kier molecular flexibility index (Phi) is 7.93. The number of nitrogens with zero attached hydrogens (tertiary/aromatic N) is 2. The summed E-state index contributed by atoms with van der Waals surface area (Å²) >= 11 is 1.89. The van der Waals surface area contributed by atoms with Crippen molar-refractivity contribution in [3.63, 3.8) is 0 Å². The van der Waals surface area contributed by atoms with Gasteiger partial charge in [-0.15, -0.1) is 11.3 Å². The molecule has 8 aromatic carbocycles. The van der Waals surface area contributed by atoms with Crippen LogP contribution >= 0.6 is 11.3 Å². The van der Waals surface area contributed by atoms with Gasteiger partial charge in [-0.2, -0.15) is 0 Å². The largest absolute Gasteiger partial charge is 0.310 e. The van der Waals surface area contributed by atoms with Gasteiger partial charge in [0.2, 0.25) is 0 Å². The Hall–Kier alpha value is -6.68. The fourth-order valence-corrected chi connectivity index (χ4v) is 9.00. The molecule has 0 aliphatic carbocycles. The molecule has 0 aliphatic heterocycles. The second-order valence-corrected chi connectivity index (χ2v) is 14.9. The Morgan fingerprint density at radius 1 is 0.407 bits per heavy atom. The number of hydrogen-bond donors (Lipinski definition) is 0. The smallest absolute Gasteiger partial charge is 0.0727 e. The third-order valence-electron chi connectivity index (χ3n) is 10.5. The SMILES string of the molecule is Cc1ccc2sc3c4ccccc4n(-c4ccc(-c5cccc(N(c6ccc(-c7ccccc7)cc6)c6ccc(-c7ccccc7)cc6)c5)cc4)c3c2c1. The summed E-state index contributed by atoms with van der Waals surface area (Å²) in [5, 5.41) is 2.62. The second-order valence-electron chi connectivity index (χ2n) is 13.9. The highest BCUT2D eigenvalue weighted by Gasteiger charge is 2.18. The van der Waals surface area contributed by atoms with Gasteiger partial charge < -0.3 is 9.47 Å². The van der Waals surface area contributed by atoms with Crippen LogP contribution in [-0.4, -0.2) is 4.57 Å². The van der Waals surface area contributed by atoms with Crippen molar-refractivity contribution in [3.05, 3.63) is 206 Å². The van der Waals surface area contributed by atoms with E-state index >= 15 is 0 Å².